The fraction of sp³-hybridized carbons (Fsp3) is 0.526. The van der Waals surface area contributed by atoms with Crippen LogP contribution in [-0.2, 0) is 16.1 Å². The minimum atomic E-state index is -0.937. The summed E-state index contributed by atoms with van der Waals surface area (Å²) in [4.78, 5) is 28.9. The summed E-state index contributed by atoms with van der Waals surface area (Å²) in [6.45, 7) is 11.3. The second-order valence-electron chi connectivity index (χ2n) is 6.26. The van der Waals surface area contributed by atoms with Gasteiger partial charge in [0, 0.05) is 11.6 Å². The summed E-state index contributed by atoms with van der Waals surface area (Å²) in [5.41, 5.74) is 0.457. The normalized spacial score (nSPS) is 21.8. The van der Waals surface area contributed by atoms with E-state index in [-0.39, 0.29) is 30.2 Å². The second kappa shape index (κ2) is 9.71. The van der Waals surface area contributed by atoms with Gasteiger partial charge in [0.1, 0.15) is 10.6 Å². The summed E-state index contributed by atoms with van der Waals surface area (Å²) >= 11 is 1.22. The van der Waals surface area contributed by atoms with Gasteiger partial charge in [-0.2, -0.15) is 0 Å². The molecule has 1 aromatic rings. The predicted molar refractivity (Wildman–Crippen MR) is 105 cm³/mol. The van der Waals surface area contributed by atoms with Crippen LogP contribution in [0, 0.1) is 11.7 Å². The Hall–Kier alpha value is -1.89. The van der Waals surface area contributed by atoms with Crippen molar-refractivity contribution < 1.29 is 14.0 Å². The third kappa shape index (κ3) is 5.30. The maximum Gasteiger partial charge on any atom is 0.243 e. The van der Waals surface area contributed by atoms with Crippen LogP contribution in [0.2, 0.25) is 0 Å². The van der Waals surface area contributed by atoms with Crippen molar-refractivity contribution in [2.75, 3.05) is 0 Å². The van der Waals surface area contributed by atoms with Gasteiger partial charge < -0.3 is 10.6 Å². The van der Waals surface area contributed by atoms with E-state index in [2.05, 4.69) is 15.6 Å². The minimum absolute atomic E-state index is 0.00667. The Morgan fingerprint density at radius 3 is 2.50 bits per heavy atom. The van der Waals surface area contributed by atoms with Gasteiger partial charge in [-0.25, -0.2) is 4.39 Å². The number of nitrogens with zero attached hydrogens (tertiary/aromatic N) is 1. The third-order valence-corrected chi connectivity index (χ3v) is 5.37. The Morgan fingerprint density at radius 1 is 1.31 bits per heavy atom. The molecule has 0 saturated carbocycles. The first-order chi connectivity index (χ1) is 12.2. The predicted octanol–water partition coefficient (Wildman–Crippen LogP) is 3.49. The van der Waals surface area contributed by atoms with Crippen LogP contribution in [0.4, 0.5) is 4.39 Å². The number of aliphatic imine (C=N–C) groups is 1. The van der Waals surface area contributed by atoms with Crippen molar-refractivity contribution in [1.82, 2.24) is 10.6 Å². The molecule has 1 fully saturated rings. The van der Waals surface area contributed by atoms with Gasteiger partial charge in [0.05, 0.1) is 12.5 Å². The van der Waals surface area contributed by atoms with Gasteiger partial charge in [-0.1, -0.05) is 50.7 Å². The summed E-state index contributed by atoms with van der Waals surface area (Å²) in [6.07, 6.45) is 0. The van der Waals surface area contributed by atoms with E-state index < -0.39 is 10.7 Å². The Morgan fingerprint density at radius 2 is 1.92 bits per heavy atom. The highest BCUT2D eigenvalue weighted by Crippen LogP contribution is 2.38. The summed E-state index contributed by atoms with van der Waals surface area (Å²) in [5.74, 6) is -1.29. The molecule has 0 spiro atoms. The smallest absolute Gasteiger partial charge is 0.243 e. The van der Waals surface area contributed by atoms with Gasteiger partial charge in [0.2, 0.25) is 11.8 Å². The number of hydrogen-bond donors (Lipinski definition) is 2. The molecule has 1 aliphatic rings. The van der Waals surface area contributed by atoms with E-state index in [9.17, 15) is 14.0 Å². The molecular weight excluding hydrogens is 353 g/mol. The van der Waals surface area contributed by atoms with Crippen molar-refractivity contribution in [2.45, 2.75) is 58.9 Å². The van der Waals surface area contributed by atoms with Crippen LogP contribution in [-0.4, -0.2) is 27.8 Å². The standard InChI is InChI=1S/C17H22FN3O2S.C2H6/c1-10(2)20-14(22)11(3)17(4)15(23)21-16(24-17)19-9-12-7-5-6-8-13(12)18;1-2/h5-8,10-11H,9H2,1-4H3,(H,20,22)(H,19,21,23);1-2H3. The summed E-state index contributed by atoms with van der Waals surface area (Å²) in [5, 5.41) is 5.93. The quantitative estimate of drug-likeness (QED) is 0.820. The number of carbonyl (C=O) groups excluding carboxylic acids is 2. The number of rotatable bonds is 5. The lowest BCUT2D eigenvalue weighted by Crippen LogP contribution is -2.48. The zero-order valence-electron chi connectivity index (χ0n) is 16.2. The van der Waals surface area contributed by atoms with Crippen LogP contribution in [0.5, 0.6) is 0 Å². The van der Waals surface area contributed by atoms with Crippen LogP contribution >= 0.6 is 11.8 Å². The van der Waals surface area contributed by atoms with Crippen molar-refractivity contribution in [3.8, 4) is 0 Å². The lowest BCUT2D eigenvalue weighted by molar-refractivity contribution is -0.131. The third-order valence-electron chi connectivity index (χ3n) is 3.98. The van der Waals surface area contributed by atoms with Crippen LogP contribution < -0.4 is 10.6 Å². The highest BCUT2D eigenvalue weighted by molar-refractivity contribution is 8.16. The first-order valence-electron chi connectivity index (χ1n) is 8.82. The first-order valence-corrected chi connectivity index (χ1v) is 9.64. The number of nitrogens with one attached hydrogen (secondary N) is 2. The molecule has 7 heteroatoms. The van der Waals surface area contributed by atoms with E-state index in [0.29, 0.717) is 10.7 Å². The van der Waals surface area contributed by atoms with E-state index in [1.54, 1.807) is 32.0 Å². The molecule has 1 aromatic carbocycles. The SMILES string of the molecule is CC.CC(C)NC(=O)C(C)C1(C)SC(=NCc2ccccc2F)NC1=O. The van der Waals surface area contributed by atoms with Crippen molar-refractivity contribution in [2.24, 2.45) is 10.9 Å². The molecule has 5 nitrogen and oxygen atoms in total. The van der Waals surface area contributed by atoms with Crippen LogP contribution in [0.15, 0.2) is 29.3 Å². The van der Waals surface area contributed by atoms with E-state index in [0.717, 1.165) is 0 Å². The van der Waals surface area contributed by atoms with Gasteiger partial charge in [-0.05, 0) is 26.8 Å². The molecule has 26 heavy (non-hydrogen) atoms. The molecular formula is C19H28FN3O2S. The molecule has 1 aliphatic heterocycles. The lowest BCUT2D eigenvalue weighted by Gasteiger charge is -2.26. The van der Waals surface area contributed by atoms with Crippen LogP contribution in [0.3, 0.4) is 0 Å². The first kappa shape index (κ1) is 22.2. The number of amides is 2. The molecule has 144 valence electrons. The van der Waals surface area contributed by atoms with Gasteiger partial charge >= 0.3 is 0 Å². The van der Waals surface area contributed by atoms with Gasteiger partial charge in [-0.3, -0.25) is 14.6 Å². The topological polar surface area (TPSA) is 70.6 Å². The average Bonchev–Trinajstić information content (AvgIpc) is 2.90. The Bertz CT molecular complexity index is 679. The highest BCUT2D eigenvalue weighted by Gasteiger charge is 2.49. The minimum Gasteiger partial charge on any atom is -0.354 e. The number of thioether (sulfide) groups is 1. The Labute approximate surface area is 159 Å². The monoisotopic (exact) mass is 381 g/mol. The maximum atomic E-state index is 13.6. The van der Waals surface area contributed by atoms with E-state index in [1.807, 2.05) is 27.7 Å². The van der Waals surface area contributed by atoms with Crippen molar-refractivity contribution in [3.05, 3.63) is 35.6 Å². The molecule has 1 heterocycles. The molecule has 0 radical (unpaired) electrons. The number of hydrogen-bond acceptors (Lipinski definition) is 4. The molecule has 2 rings (SSSR count). The number of benzene rings is 1. The zero-order chi connectivity index (χ0) is 19.9. The molecule has 1 saturated heterocycles. The van der Waals surface area contributed by atoms with Gasteiger partial charge in [0.25, 0.3) is 0 Å². The summed E-state index contributed by atoms with van der Waals surface area (Å²) in [7, 11) is 0. The molecule has 0 aliphatic carbocycles. The molecule has 2 amide bonds. The average molecular weight is 382 g/mol. The van der Waals surface area contributed by atoms with Crippen molar-refractivity contribution >= 4 is 28.7 Å². The number of halogens is 1. The second-order valence-corrected chi connectivity index (χ2v) is 7.70. The van der Waals surface area contributed by atoms with E-state index in [4.69, 9.17) is 0 Å². The van der Waals surface area contributed by atoms with Crippen molar-refractivity contribution in [3.63, 3.8) is 0 Å². The lowest BCUT2D eigenvalue weighted by atomic mass is 9.93. The molecule has 0 bridgehead atoms. The zero-order valence-corrected chi connectivity index (χ0v) is 17.0. The molecule has 0 aromatic heterocycles. The maximum absolute atomic E-state index is 13.6. The van der Waals surface area contributed by atoms with Crippen LogP contribution in [0.25, 0.3) is 0 Å². The molecule has 2 unspecified atom stereocenters. The summed E-state index contributed by atoms with van der Waals surface area (Å²) < 4.78 is 12.7. The largest absolute Gasteiger partial charge is 0.354 e. The van der Waals surface area contributed by atoms with Crippen molar-refractivity contribution in [1.29, 1.82) is 0 Å². The van der Waals surface area contributed by atoms with E-state index >= 15 is 0 Å². The highest BCUT2D eigenvalue weighted by atomic mass is 32.2. The van der Waals surface area contributed by atoms with E-state index in [1.165, 1.54) is 17.8 Å². The fourth-order valence-electron chi connectivity index (χ4n) is 2.29. The molecule has 2 atom stereocenters. The van der Waals surface area contributed by atoms with Crippen LogP contribution in [0.1, 0.15) is 47.1 Å². The molecule has 2 N–H and O–H groups in total. The fourth-order valence-corrected chi connectivity index (χ4v) is 3.40. The number of carbonyl (C=O) groups is 2. The van der Waals surface area contributed by atoms with Gasteiger partial charge in [0.15, 0.2) is 5.17 Å². The van der Waals surface area contributed by atoms with Gasteiger partial charge in [-0.15, -0.1) is 0 Å². The number of amidine groups is 1. The summed E-state index contributed by atoms with van der Waals surface area (Å²) in [6, 6.07) is 6.38. The Kier molecular flexibility index (Phi) is 8.27. The Balaban J connectivity index is 0.00000163.